The average molecular weight is 284 g/mol. The second-order valence-corrected chi connectivity index (χ2v) is 7.27. The molecule has 0 amide bonds. The van der Waals surface area contributed by atoms with E-state index in [1.165, 1.54) is 12.0 Å². The van der Waals surface area contributed by atoms with Gasteiger partial charge in [0.1, 0.15) is 5.78 Å². The Labute approximate surface area is 126 Å². The molecule has 3 aliphatic rings. The molecule has 21 heavy (non-hydrogen) atoms. The Morgan fingerprint density at radius 3 is 2.62 bits per heavy atom. The van der Waals surface area contributed by atoms with E-state index < -0.39 is 5.60 Å². The van der Waals surface area contributed by atoms with E-state index in [1.54, 1.807) is 0 Å². The van der Waals surface area contributed by atoms with Crippen molar-refractivity contribution in [3.8, 4) is 0 Å². The fourth-order valence-corrected chi connectivity index (χ4v) is 5.49. The molecule has 0 saturated heterocycles. The molecule has 1 aromatic rings. The third-order valence-electron chi connectivity index (χ3n) is 6.36. The number of carbonyl (C=O) groups is 1. The summed E-state index contributed by atoms with van der Waals surface area (Å²) < 4.78 is 0. The molecule has 0 spiro atoms. The Balaban J connectivity index is 1.82. The molecule has 3 aliphatic carbocycles. The predicted molar refractivity (Wildman–Crippen MR) is 81.9 cm³/mol. The highest BCUT2D eigenvalue weighted by Gasteiger charge is 2.59. The lowest BCUT2D eigenvalue weighted by Crippen LogP contribution is -2.60. The van der Waals surface area contributed by atoms with Crippen LogP contribution in [-0.2, 0) is 4.79 Å². The van der Waals surface area contributed by atoms with Crippen LogP contribution in [0.5, 0.6) is 0 Å². The summed E-state index contributed by atoms with van der Waals surface area (Å²) in [7, 11) is 0. The van der Waals surface area contributed by atoms with Crippen molar-refractivity contribution >= 4 is 5.78 Å². The molecule has 3 saturated carbocycles. The lowest BCUT2D eigenvalue weighted by molar-refractivity contribution is -0.172. The molecule has 0 aliphatic heterocycles. The minimum absolute atomic E-state index is 0.0819. The van der Waals surface area contributed by atoms with Gasteiger partial charge in [0.15, 0.2) is 0 Å². The van der Waals surface area contributed by atoms with E-state index in [4.69, 9.17) is 0 Å². The number of rotatable bonds is 1. The Kier molecular flexibility index (Phi) is 3.18. The van der Waals surface area contributed by atoms with Crippen LogP contribution in [0.3, 0.4) is 0 Å². The van der Waals surface area contributed by atoms with Gasteiger partial charge in [0.05, 0.1) is 5.60 Å². The minimum atomic E-state index is -0.729. The van der Waals surface area contributed by atoms with Gasteiger partial charge in [-0.05, 0) is 43.1 Å². The first-order chi connectivity index (χ1) is 10.2. The SMILES string of the molecule is O=C1C2CCC[C@H]1C1(O)CCCCC1C2c1ccccc1. The molecular formula is C19H24O2. The van der Waals surface area contributed by atoms with Crippen molar-refractivity contribution in [2.24, 2.45) is 17.8 Å². The highest BCUT2D eigenvalue weighted by atomic mass is 16.3. The lowest BCUT2D eigenvalue weighted by Gasteiger charge is -2.56. The van der Waals surface area contributed by atoms with Crippen LogP contribution >= 0.6 is 0 Å². The molecule has 0 heterocycles. The number of fused-ring (bicyclic) bond motifs is 4. The lowest BCUT2D eigenvalue weighted by atomic mass is 9.49. The van der Waals surface area contributed by atoms with E-state index in [0.29, 0.717) is 5.78 Å². The molecule has 1 N–H and O–H groups in total. The van der Waals surface area contributed by atoms with Crippen molar-refractivity contribution in [1.29, 1.82) is 0 Å². The molecule has 2 nitrogen and oxygen atoms in total. The van der Waals surface area contributed by atoms with Gasteiger partial charge in [0.2, 0.25) is 0 Å². The van der Waals surface area contributed by atoms with Gasteiger partial charge >= 0.3 is 0 Å². The highest BCUT2D eigenvalue weighted by molar-refractivity contribution is 5.87. The van der Waals surface area contributed by atoms with E-state index in [1.807, 2.05) is 6.07 Å². The maximum absolute atomic E-state index is 12.9. The predicted octanol–water partition coefficient (Wildman–Crippen LogP) is 3.69. The molecule has 5 atom stereocenters. The fraction of sp³-hybridized carbons (Fsp3) is 0.632. The Morgan fingerprint density at radius 1 is 1.00 bits per heavy atom. The van der Waals surface area contributed by atoms with Crippen molar-refractivity contribution in [3.05, 3.63) is 35.9 Å². The van der Waals surface area contributed by atoms with Gasteiger partial charge in [-0.2, -0.15) is 0 Å². The van der Waals surface area contributed by atoms with E-state index in [-0.39, 0.29) is 23.7 Å². The molecule has 3 fully saturated rings. The van der Waals surface area contributed by atoms with Gasteiger partial charge in [0.25, 0.3) is 0 Å². The van der Waals surface area contributed by atoms with Crippen molar-refractivity contribution < 1.29 is 9.90 Å². The average Bonchev–Trinajstić information content (AvgIpc) is 2.50. The highest BCUT2D eigenvalue weighted by Crippen LogP contribution is 2.57. The quantitative estimate of drug-likeness (QED) is 0.854. The molecule has 2 heteroatoms. The zero-order valence-electron chi connectivity index (χ0n) is 12.5. The summed E-state index contributed by atoms with van der Waals surface area (Å²) in [5, 5.41) is 11.4. The zero-order valence-corrected chi connectivity index (χ0v) is 12.5. The van der Waals surface area contributed by atoms with E-state index in [0.717, 1.165) is 38.5 Å². The Hall–Kier alpha value is -1.15. The number of benzene rings is 1. The van der Waals surface area contributed by atoms with Crippen LogP contribution in [0.25, 0.3) is 0 Å². The van der Waals surface area contributed by atoms with Crippen molar-refractivity contribution in [3.63, 3.8) is 0 Å². The maximum atomic E-state index is 12.9. The summed E-state index contributed by atoms with van der Waals surface area (Å²) >= 11 is 0. The molecule has 0 radical (unpaired) electrons. The third kappa shape index (κ3) is 1.92. The summed E-state index contributed by atoms with van der Waals surface area (Å²) in [5.74, 6) is 0.939. The van der Waals surface area contributed by atoms with Crippen molar-refractivity contribution in [2.45, 2.75) is 56.5 Å². The summed E-state index contributed by atoms with van der Waals surface area (Å²) in [6, 6.07) is 10.5. The summed E-state index contributed by atoms with van der Waals surface area (Å²) in [6.45, 7) is 0. The topological polar surface area (TPSA) is 37.3 Å². The third-order valence-corrected chi connectivity index (χ3v) is 6.36. The van der Waals surface area contributed by atoms with Gasteiger partial charge in [-0.15, -0.1) is 0 Å². The standard InChI is InChI=1S/C19H24O2/c20-18-14-9-6-11-16(18)19(21)12-5-4-10-15(19)17(14)13-7-2-1-3-8-13/h1-3,7-8,14-17,21H,4-6,9-12H2/t14?,15?,16-,17?,19?/m1/s1. The number of hydrogen-bond acceptors (Lipinski definition) is 2. The largest absolute Gasteiger partial charge is 0.389 e. The zero-order chi connectivity index (χ0) is 14.4. The van der Waals surface area contributed by atoms with Gasteiger partial charge in [-0.25, -0.2) is 0 Å². The number of carbonyl (C=O) groups excluding carboxylic acids is 1. The minimum Gasteiger partial charge on any atom is -0.389 e. The second-order valence-electron chi connectivity index (χ2n) is 7.27. The molecule has 0 aromatic heterocycles. The monoisotopic (exact) mass is 284 g/mol. The summed E-state index contributed by atoms with van der Waals surface area (Å²) in [4.78, 5) is 12.9. The molecule has 4 unspecified atom stereocenters. The van der Waals surface area contributed by atoms with Crippen LogP contribution in [0.1, 0.15) is 56.4 Å². The smallest absolute Gasteiger partial charge is 0.142 e. The number of aliphatic hydroxyl groups is 1. The maximum Gasteiger partial charge on any atom is 0.142 e. The van der Waals surface area contributed by atoms with Crippen LogP contribution < -0.4 is 0 Å². The Morgan fingerprint density at radius 2 is 1.81 bits per heavy atom. The second kappa shape index (κ2) is 4.95. The molecule has 1 aromatic carbocycles. The number of Topliss-reactive ketones (excluding diaryl/α,β-unsaturated/α-hetero) is 1. The van der Waals surface area contributed by atoms with Crippen LogP contribution in [0.4, 0.5) is 0 Å². The normalized spacial score (nSPS) is 42.4. The van der Waals surface area contributed by atoms with E-state index in [2.05, 4.69) is 24.3 Å². The first kappa shape index (κ1) is 13.5. The van der Waals surface area contributed by atoms with Crippen molar-refractivity contribution in [2.75, 3.05) is 0 Å². The first-order valence-corrected chi connectivity index (χ1v) is 8.53. The number of hydrogen-bond donors (Lipinski definition) is 1. The van der Waals surface area contributed by atoms with E-state index in [9.17, 15) is 9.90 Å². The number of ketones is 1. The van der Waals surface area contributed by atoms with Crippen LogP contribution in [0.15, 0.2) is 30.3 Å². The molecule has 112 valence electrons. The van der Waals surface area contributed by atoms with Gasteiger partial charge in [-0.1, -0.05) is 49.6 Å². The van der Waals surface area contributed by atoms with Crippen LogP contribution in [0.2, 0.25) is 0 Å². The molecule has 4 rings (SSSR count). The van der Waals surface area contributed by atoms with Gasteiger partial charge in [0, 0.05) is 11.8 Å². The summed E-state index contributed by atoms with van der Waals surface area (Å²) in [5.41, 5.74) is 0.536. The van der Waals surface area contributed by atoms with Crippen LogP contribution in [0, 0.1) is 17.8 Å². The molecule has 2 bridgehead atoms. The van der Waals surface area contributed by atoms with E-state index >= 15 is 0 Å². The van der Waals surface area contributed by atoms with Crippen molar-refractivity contribution in [1.82, 2.24) is 0 Å². The molecular weight excluding hydrogens is 260 g/mol. The Bertz CT molecular complexity index is 538. The fourth-order valence-electron chi connectivity index (χ4n) is 5.49. The van der Waals surface area contributed by atoms with Gasteiger partial charge in [-0.3, -0.25) is 4.79 Å². The first-order valence-electron chi connectivity index (χ1n) is 8.53. The van der Waals surface area contributed by atoms with Gasteiger partial charge < -0.3 is 5.11 Å². The summed E-state index contributed by atoms with van der Waals surface area (Å²) in [6.07, 6.45) is 7.19. The van der Waals surface area contributed by atoms with Crippen LogP contribution in [-0.4, -0.2) is 16.5 Å².